The van der Waals surface area contributed by atoms with Crippen molar-refractivity contribution in [2.45, 2.75) is 23.3 Å². The number of carbonyl (C=O) groups is 1. The van der Waals surface area contributed by atoms with E-state index >= 15 is 0 Å². The van der Waals surface area contributed by atoms with Crippen molar-refractivity contribution in [3.05, 3.63) is 29.8 Å². The number of nitrogens with two attached hydrogens (primary N) is 1. The van der Waals surface area contributed by atoms with Gasteiger partial charge in [0, 0.05) is 10.6 Å². The summed E-state index contributed by atoms with van der Waals surface area (Å²) in [6, 6.07) is 3.09. The van der Waals surface area contributed by atoms with Gasteiger partial charge in [-0.3, -0.25) is 4.79 Å². The number of benzene rings is 1. The molecule has 0 radical (unpaired) electrons. The van der Waals surface area contributed by atoms with Crippen LogP contribution >= 0.6 is 11.8 Å². The molecule has 0 saturated heterocycles. The molecule has 0 spiro atoms. The van der Waals surface area contributed by atoms with E-state index in [1.807, 2.05) is 0 Å². The molecule has 0 bridgehead atoms. The molecule has 1 aliphatic carbocycles. The van der Waals surface area contributed by atoms with E-state index in [4.69, 9.17) is 10.8 Å². The van der Waals surface area contributed by atoms with E-state index in [0.29, 0.717) is 0 Å². The van der Waals surface area contributed by atoms with Gasteiger partial charge in [0.25, 0.3) is 0 Å². The lowest BCUT2D eigenvalue weighted by atomic mass is 9.98. The van der Waals surface area contributed by atoms with Crippen molar-refractivity contribution >= 4 is 17.7 Å². The van der Waals surface area contributed by atoms with E-state index in [-0.39, 0.29) is 16.6 Å². The van der Waals surface area contributed by atoms with Crippen LogP contribution in [-0.4, -0.2) is 22.4 Å². The number of hydrogen-bond donors (Lipinski definition) is 2. The van der Waals surface area contributed by atoms with Crippen molar-refractivity contribution in [1.82, 2.24) is 0 Å². The third kappa shape index (κ3) is 2.64. The summed E-state index contributed by atoms with van der Waals surface area (Å²) in [4.78, 5) is 11.3. The lowest BCUT2D eigenvalue weighted by Crippen LogP contribution is -2.52. The SMILES string of the molecule is NC(CSc1cc(F)ccc1F)(C(=O)O)C1CC1. The molecule has 1 aromatic rings. The van der Waals surface area contributed by atoms with Gasteiger partial charge in [-0.1, -0.05) is 0 Å². The van der Waals surface area contributed by atoms with Gasteiger partial charge >= 0.3 is 5.97 Å². The molecule has 0 aliphatic heterocycles. The van der Waals surface area contributed by atoms with Crippen LogP contribution in [0.25, 0.3) is 0 Å². The Hall–Kier alpha value is -1.14. The van der Waals surface area contributed by atoms with Crippen LogP contribution in [0.4, 0.5) is 8.78 Å². The van der Waals surface area contributed by atoms with Crippen LogP contribution in [0, 0.1) is 17.6 Å². The van der Waals surface area contributed by atoms with Crippen molar-refractivity contribution < 1.29 is 18.7 Å². The van der Waals surface area contributed by atoms with Gasteiger partial charge in [-0.2, -0.15) is 0 Å². The molecule has 3 N–H and O–H groups in total. The molecule has 0 heterocycles. The highest BCUT2D eigenvalue weighted by Crippen LogP contribution is 2.41. The Kier molecular flexibility index (Phi) is 3.59. The molecular formula is C12H13F2NO2S. The van der Waals surface area contributed by atoms with Crippen LogP contribution in [0.15, 0.2) is 23.1 Å². The van der Waals surface area contributed by atoms with E-state index in [1.165, 1.54) is 0 Å². The van der Waals surface area contributed by atoms with Gasteiger partial charge in [0.1, 0.15) is 17.2 Å². The van der Waals surface area contributed by atoms with Gasteiger partial charge in [-0.15, -0.1) is 11.8 Å². The summed E-state index contributed by atoms with van der Waals surface area (Å²) in [6.07, 6.45) is 1.55. The van der Waals surface area contributed by atoms with Gasteiger partial charge in [0.2, 0.25) is 0 Å². The predicted octanol–water partition coefficient (Wildman–Crippen LogP) is 2.25. The molecule has 1 saturated carbocycles. The average Bonchev–Trinajstić information content (AvgIpc) is 3.14. The highest BCUT2D eigenvalue weighted by Gasteiger charge is 2.48. The maximum absolute atomic E-state index is 13.4. The van der Waals surface area contributed by atoms with Crippen molar-refractivity contribution in [2.75, 3.05) is 5.75 Å². The smallest absolute Gasteiger partial charge is 0.324 e. The summed E-state index contributed by atoms with van der Waals surface area (Å²) < 4.78 is 26.4. The van der Waals surface area contributed by atoms with Crippen LogP contribution in [0.3, 0.4) is 0 Å². The van der Waals surface area contributed by atoms with E-state index < -0.39 is 23.1 Å². The van der Waals surface area contributed by atoms with Crippen LogP contribution in [-0.2, 0) is 4.79 Å². The first-order chi connectivity index (χ1) is 8.43. The predicted molar refractivity (Wildman–Crippen MR) is 64.4 cm³/mol. The zero-order valence-corrected chi connectivity index (χ0v) is 10.3. The van der Waals surface area contributed by atoms with E-state index in [1.54, 1.807) is 0 Å². The minimum atomic E-state index is -1.36. The zero-order valence-electron chi connectivity index (χ0n) is 9.53. The highest BCUT2D eigenvalue weighted by molar-refractivity contribution is 7.99. The van der Waals surface area contributed by atoms with E-state index in [9.17, 15) is 13.6 Å². The maximum atomic E-state index is 13.4. The number of carboxylic acid groups (broad SMARTS) is 1. The van der Waals surface area contributed by atoms with E-state index in [0.717, 1.165) is 42.8 Å². The molecular weight excluding hydrogens is 260 g/mol. The zero-order chi connectivity index (χ0) is 13.3. The van der Waals surface area contributed by atoms with Crippen LogP contribution < -0.4 is 5.73 Å². The second-order valence-electron chi connectivity index (χ2n) is 4.48. The van der Waals surface area contributed by atoms with Crippen LogP contribution in [0.1, 0.15) is 12.8 Å². The minimum Gasteiger partial charge on any atom is -0.480 e. The lowest BCUT2D eigenvalue weighted by molar-refractivity contribution is -0.143. The molecule has 1 unspecified atom stereocenters. The quantitative estimate of drug-likeness (QED) is 0.808. The Morgan fingerprint density at radius 3 is 2.72 bits per heavy atom. The van der Waals surface area contributed by atoms with Gasteiger partial charge in [-0.05, 0) is 37.0 Å². The second-order valence-corrected chi connectivity index (χ2v) is 5.50. The third-order valence-corrected chi connectivity index (χ3v) is 4.31. The molecule has 1 atom stereocenters. The van der Waals surface area contributed by atoms with Crippen molar-refractivity contribution in [3.63, 3.8) is 0 Å². The van der Waals surface area contributed by atoms with Crippen molar-refractivity contribution in [1.29, 1.82) is 0 Å². The Morgan fingerprint density at radius 1 is 1.50 bits per heavy atom. The normalized spacial score (nSPS) is 18.4. The molecule has 3 nitrogen and oxygen atoms in total. The summed E-state index contributed by atoms with van der Waals surface area (Å²) >= 11 is 0.944. The summed E-state index contributed by atoms with van der Waals surface area (Å²) in [6.45, 7) is 0. The topological polar surface area (TPSA) is 63.3 Å². The Labute approximate surface area is 107 Å². The summed E-state index contributed by atoms with van der Waals surface area (Å²) in [5, 5.41) is 9.14. The van der Waals surface area contributed by atoms with Gasteiger partial charge in [0.15, 0.2) is 0 Å². The number of aliphatic carboxylic acids is 1. The first-order valence-electron chi connectivity index (χ1n) is 5.53. The van der Waals surface area contributed by atoms with Crippen LogP contribution in [0.2, 0.25) is 0 Å². The number of thioether (sulfide) groups is 1. The molecule has 6 heteroatoms. The van der Waals surface area contributed by atoms with Gasteiger partial charge < -0.3 is 10.8 Å². The monoisotopic (exact) mass is 273 g/mol. The molecule has 2 rings (SSSR count). The highest BCUT2D eigenvalue weighted by atomic mass is 32.2. The lowest BCUT2D eigenvalue weighted by Gasteiger charge is -2.23. The molecule has 98 valence electrons. The fraction of sp³-hybridized carbons (Fsp3) is 0.417. The maximum Gasteiger partial charge on any atom is 0.324 e. The fourth-order valence-electron chi connectivity index (χ4n) is 1.74. The van der Waals surface area contributed by atoms with Crippen LogP contribution in [0.5, 0.6) is 0 Å². The molecule has 1 aromatic carbocycles. The Bertz CT molecular complexity index is 479. The molecule has 1 aliphatic rings. The number of halogens is 2. The Morgan fingerprint density at radius 2 is 2.17 bits per heavy atom. The average molecular weight is 273 g/mol. The first kappa shape index (κ1) is 13.3. The molecule has 0 aromatic heterocycles. The third-order valence-electron chi connectivity index (χ3n) is 3.06. The van der Waals surface area contributed by atoms with E-state index in [2.05, 4.69) is 0 Å². The van der Waals surface area contributed by atoms with Crippen molar-refractivity contribution in [3.8, 4) is 0 Å². The minimum absolute atomic E-state index is 0.0351. The molecule has 1 fully saturated rings. The number of carboxylic acids is 1. The number of rotatable bonds is 5. The van der Waals surface area contributed by atoms with Gasteiger partial charge in [0.05, 0.1) is 0 Å². The first-order valence-corrected chi connectivity index (χ1v) is 6.52. The van der Waals surface area contributed by atoms with Gasteiger partial charge in [-0.25, -0.2) is 8.78 Å². The number of hydrogen-bond acceptors (Lipinski definition) is 3. The Balaban J connectivity index is 2.10. The summed E-state index contributed by atoms with van der Waals surface area (Å²) in [7, 11) is 0. The largest absolute Gasteiger partial charge is 0.480 e. The van der Waals surface area contributed by atoms with Crippen molar-refractivity contribution in [2.24, 2.45) is 11.7 Å². The second kappa shape index (κ2) is 4.85. The summed E-state index contributed by atoms with van der Waals surface area (Å²) in [5.41, 5.74) is 4.49. The molecule has 0 amide bonds. The summed E-state index contributed by atoms with van der Waals surface area (Å²) in [5.74, 6) is -2.24. The molecule has 18 heavy (non-hydrogen) atoms. The fourth-order valence-corrected chi connectivity index (χ4v) is 2.89. The standard InChI is InChI=1S/C12H13F2NO2S/c13-8-3-4-9(14)10(5-8)18-6-12(15,11(16)17)7-1-2-7/h3-5,7H,1-2,6,15H2,(H,16,17).